The van der Waals surface area contributed by atoms with Gasteiger partial charge in [-0.25, -0.2) is 13.2 Å². The van der Waals surface area contributed by atoms with Crippen LogP contribution in [0.3, 0.4) is 0 Å². The van der Waals surface area contributed by atoms with Crippen molar-refractivity contribution < 1.29 is 36.3 Å². The molecule has 1 amide bonds. The van der Waals surface area contributed by atoms with E-state index in [9.17, 15) is 31.6 Å². The van der Waals surface area contributed by atoms with Crippen LogP contribution in [0.25, 0.3) is 11.1 Å². The summed E-state index contributed by atoms with van der Waals surface area (Å²) in [4.78, 5) is 21.7. The molecule has 0 bridgehead atoms. The summed E-state index contributed by atoms with van der Waals surface area (Å²) in [6.45, 7) is 1.63. The summed E-state index contributed by atoms with van der Waals surface area (Å²) >= 11 is 0. The molecular formula is C25H28F3N3O5S. The number of nitrogens with zero attached hydrogens (tertiary/aromatic N) is 1. The number of hydrogen-bond acceptors (Lipinski definition) is 6. The van der Waals surface area contributed by atoms with Crippen molar-refractivity contribution in [3.05, 3.63) is 54.1 Å². The molecule has 12 heteroatoms. The maximum absolute atomic E-state index is 12.5. The number of carbonyl (C=O) groups is 2. The largest absolute Gasteiger partial charge is 0.490 e. The van der Waals surface area contributed by atoms with Crippen molar-refractivity contribution in [2.45, 2.75) is 61.7 Å². The van der Waals surface area contributed by atoms with Crippen molar-refractivity contribution in [1.82, 2.24) is 5.32 Å². The Kier molecular flexibility index (Phi) is 9.83. The third-order valence-corrected chi connectivity index (χ3v) is 7.72. The predicted octanol–water partition coefficient (Wildman–Crippen LogP) is 3.60. The summed E-state index contributed by atoms with van der Waals surface area (Å²) in [5.41, 5.74) is 8.10. The highest BCUT2D eigenvalue weighted by atomic mass is 32.2. The van der Waals surface area contributed by atoms with Crippen molar-refractivity contribution >= 4 is 21.7 Å². The van der Waals surface area contributed by atoms with Gasteiger partial charge in [0.1, 0.15) is 6.04 Å². The molecular weight excluding hydrogens is 511 g/mol. The highest BCUT2D eigenvalue weighted by molar-refractivity contribution is 7.91. The Labute approximate surface area is 213 Å². The molecule has 0 spiro atoms. The molecule has 1 aliphatic carbocycles. The van der Waals surface area contributed by atoms with E-state index in [1.54, 1.807) is 31.2 Å². The number of nitriles is 1. The minimum absolute atomic E-state index is 0.0723. The molecule has 0 unspecified atom stereocenters. The monoisotopic (exact) mass is 539 g/mol. The number of carboxylic acids is 1. The molecule has 4 N–H and O–H groups in total. The number of hydrogen-bond donors (Lipinski definition) is 3. The van der Waals surface area contributed by atoms with E-state index in [0.717, 1.165) is 29.5 Å². The van der Waals surface area contributed by atoms with E-state index < -0.39 is 33.6 Å². The SMILES string of the molecule is CCS(=O)(=O)c1ccc(-c2ccc(C[C@@H](C#N)NC(=O)C3(N)CCCC3)cc2)cc1.O=C(O)C(F)(F)F. The second kappa shape index (κ2) is 12.2. The molecule has 200 valence electrons. The van der Waals surface area contributed by atoms with Crippen LogP contribution in [0, 0.1) is 11.3 Å². The Hall–Kier alpha value is -3.43. The molecule has 1 atom stereocenters. The van der Waals surface area contributed by atoms with Gasteiger partial charge in [-0.2, -0.15) is 18.4 Å². The summed E-state index contributed by atoms with van der Waals surface area (Å²) in [7, 11) is -3.21. The minimum atomic E-state index is -5.08. The number of nitrogens with two attached hydrogens (primary N) is 1. The number of nitrogens with one attached hydrogen (secondary N) is 1. The zero-order chi connectivity index (χ0) is 27.9. The van der Waals surface area contributed by atoms with Gasteiger partial charge in [0.15, 0.2) is 9.84 Å². The number of carboxylic acid groups (broad SMARTS) is 1. The van der Waals surface area contributed by atoms with E-state index in [0.29, 0.717) is 24.2 Å². The molecule has 2 aromatic carbocycles. The Morgan fingerprint density at radius 3 is 1.95 bits per heavy atom. The second-order valence-electron chi connectivity index (χ2n) is 8.65. The van der Waals surface area contributed by atoms with Crippen LogP contribution in [0.2, 0.25) is 0 Å². The standard InChI is InChI=1S/C23H27N3O3S.C2HF3O2/c1-2-30(28,29)21-11-9-19(10-12-21)18-7-5-17(6-8-18)15-20(16-24)26-22(27)23(25)13-3-4-14-23;3-2(4,5)1(6)7/h5-12,20H,2-4,13-15,25H2,1H3,(H,26,27);(H,6,7)/t20-;/m0./s1. The van der Waals surface area contributed by atoms with E-state index in [2.05, 4.69) is 11.4 Å². The Bertz CT molecular complexity index is 1230. The van der Waals surface area contributed by atoms with Gasteiger partial charge in [-0.05, 0) is 41.7 Å². The summed E-state index contributed by atoms with van der Waals surface area (Å²) in [6, 6.07) is 16.0. The number of amides is 1. The zero-order valence-corrected chi connectivity index (χ0v) is 20.9. The molecule has 1 saturated carbocycles. The van der Waals surface area contributed by atoms with Gasteiger partial charge in [0.05, 0.1) is 22.3 Å². The molecule has 0 radical (unpaired) electrons. The second-order valence-corrected chi connectivity index (χ2v) is 10.9. The molecule has 2 aromatic rings. The fourth-order valence-corrected chi connectivity index (χ4v) is 4.64. The fourth-order valence-electron chi connectivity index (χ4n) is 3.75. The van der Waals surface area contributed by atoms with Gasteiger partial charge in [0.25, 0.3) is 0 Å². The Balaban J connectivity index is 0.000000604. The molecule has 0 aliphatic heterocycles. The van der Waals surface area contributed by atoms with Crippen LogP contribution < -0.4 is 11.1 Å². The lowest BCUT2D eigenvalue weighted by atomic mass is 9.96. The van der Waals surface area contributed by atoms with Gasteiger partial charge in [-0.1, -0.05) is 56.2 Å². The van der Waals surface area contributed by atoms with Crippen LogP contribution in [0.4, 0.5) is 13.2 Å². The van der Waals surface area contributed by atoms with Gasteiger partial charge in [0, 0.05) is 6.42 Å². The third-order valence-electron chi connectivity index (χ3n) is 5.97. The van der Waals surface area contributed by atoms with E-state index in [-0.39, 0.29) is 11.7 Å². The van der Waals surface area contributed by atoms with E-state index in [4.69, 9.17) is 15.6 Å². The number of sulfone groups is 1. The summed E-state index contributed by atoms with van der Waals surface area (Å²) < 4.78 is 55.6. The Morgan fingerprint density at radius 1 is 1.08 bits per heavy atom. The number of alkyl halides is 3. The smallest absolute Gasteiger partial charge is 0.475 e. The average Bonchev–Trinajstić information content (AvgIpc) is 3.31. The number of aliphatic carboxylic acids is 1. The van der Waals surface area contributed by atoms with Crippen molar-refractivity contribution in [2.24, 2.45) is 5.73 Å². The third kappa shape index (κ3) is 8.30. The lowest BCUT2D eigenvalue weighted by Gasteiger charge is -2.24. The van der Waals surface area contributed by atoms with Gasteiger partial charge in [0.2, 0.25) is 5.91 Å². The van der Waals surface area contributed by atoms with Gasteiger partial charge >= 0.3 is 12.1 Å². The van der Waals surface area contributed by atoms with Crippen LogP contribution in [0.15, 0.2) is 53.4 Å². The first kappa shape index (κ1) is 29.8. The first-order valence-electron chi connectivity index (χ1n) is 11.4. The van der Waals surface area contributed by atoms with Crippen molar-refractivity contribution in [1.29, 1.82) is 5.26 Å². The maximum Gasteiger partial charge on any atom is 0.490 e. The highest BCUT2D eigenvalue weighted by Gasteiger charge is 2.38. The number of carbonyl (C=O) groups excluding carboxylic acids is 1. The highest BCUT2D eigenvalue weighted by Crippen LogP contribution is 2.27. The summed E-state index contributed by atoms with van der Waals surface area (Å²) in [6.07, 6.45) is -1.50. The van der Waals surface area contributed by atoms with Gasteiger partial charge < -0.3 is 16.2 Å². The topological polar surface area (TPSA) is 150 Å². The summed E-state index contributed by atoms with van der Waals surface area (Å²) in [5, 5.41) is 19.4. The number of halogens is 3. The maximum atomic E-state index is 12.5. The molecule has 8 nitrogen and oxygen atoms in total. The average molecular weight is 540 g/mol. The van der Waals surface area contributed by atoms with E-state index in [1.165, 1.54) is 0 Å². The molecule has 0 saturated heterocycles. The zero-order valence-electron chi connectivity index (χ0n) is 20.1. The number of rotatable bonds is 7. The van der Waals surface area contributed by atoms with Crippen LogP contribution >= 0.6 is 0 Å². The Morgan fingerprint density at radius 2 is 1.54 bits per heavy atom. The predicted molar refractivity (Wildman–Crippen MR) is 130 cm³/mol. The molecule has 1 aliphatic rings. The van der Waals surface area contributed by atoms with Crippen LogP contribution in [-0.2, 0) is 25.8 Å². The normalized spacial score (nSPS) is 15.6. The molecule has 3 rings (SSSR count). The van der Waals surface area contributed by atoms with Crippen molar-refractivity contribution in [3.63, 3.8) is 0 Å². The first-order valence-corrected chi connectivity index (χ1v) is 13.1. The van der Waals surface area contributed by atoms with Crippen LogP contribution in [-0.4, -0.2) is 48.9 Å². The van der Waals surface area contributed by atoms with Gasteiger partial charge in [-0.3, -0.25) is 4.79 Å². The number of benzene rings is 2. The van der Waals surface area contributed by atoms with Gasteiger partial charge in [-0.15, -0.1) is 0 Å². The molecule has 37 heavy (non-hydrogen) atoms. The lowest BCUT2D eigenvalue weighted by Crippen LogP contribution is -2.54. The lowest BCUT2D eigenvalue weighted by molar-refractivity contribution is -0.192. The molecule has 1 fully saturated rings. The van der Waals surface area contributed by atoms with Crippen LogP contribution in [0.5, 0.6) is 0 Å². The quantitative estimate of drug-likeness (QED) is 0.486. The van der Waals surface area contributed by atoms with Crippen molar-refractivity contribution in [3.8, 4) is 17.2 Å². The van der Waals surface area contributed by atoms with E-state index >= 15 is 0 Å². The summed E-state index contributed by atoms with van der Waals surface area (Å²) in [5.74, 6) is -2.93. The fraction of sp³-hybridized carbons (Fsp3) is 0.400. The van der Waals surface area contributed by atoms with Crippen molar-refractivity contribution in [2.75, 3.05) is 5.75 Å². The van der Waals surface area contributed by atoms with E-state index in [1.807, 2.05) is 24.3 Å². The molecule has 0 heterocycles. The van der Waals surface area contributed by atoms with Crippen LogP contribution in [0.1, 0.15) is 38.2 Å². The minimum Gasteiger partial charge on any atom is -0.475 e. The molecule has 0 aromatic heterocycles. The first-order chi connectivity index (χ1) is 17.2.